The molecular weight excluding hydrogens is 454 g/mol. The number of carbonyl (C=O) groups excluding carboxylic acids is 1. The Kier molecular flexibility index (Phi) is 6.84. The van der Waals surface area contributed by atoms with Gasteiger partial charge in [0.25, 0.3) is 0 Å². The molecule has 2 heterocycles. The number of benzene rings is 1. The number of ether oxygens (including phenoxy) is 1. The summed E-state index contributed by atoms with van der Waals surface area (Å²) >= 11 is 13.2. The molecule has 0 radical (unpaired) electrons. The molecule has 0 unspecified atom stereocenters. The van der Waals surface area contributed by atoms with Crippen molar-refractivity contribution in [3.8, 4) is 0 Å². The predicted molar refractivity (Wildman–Crippen MR) is 127 cm³/mol. The number of carbonyl (C=O) groups is 1. The summed E-state index contributed by atoms with van der Waals surface area (Å²) in [6.45, 7) is 2.64. The Labute approximate surface area is 194 Å². The summed E-state index contributed by atoms with van der Waals surface area (Å²) in [5, 5.41) is 12.2. The first kappa shape index (κ1) is 21.7. The molecule has 4 rings (SSSR count). The Morgan fingerprint density at radius 2 is 2.10 bits per heavy atom. The molecule has 1 aromatic carbocycles. The van der Waals surface area contributed by atoms with Gasteiger partial charge in [0.1, 0.15) is 11.3 Å². The fraction of sp³-hybridized carbons (Fsp3) is 0.333. The number of nitrogens with one attached hydrogen (secondary N) is 2. The molecule has 7 nitrogen and oxygen atoms in total. The predicted octanol–water partition coefficient (Wildman–Crippen LogP) is 4.91. The van der Waals surface area contributed by atoms with Crippen LogP contribution in [0.15, 0.2) is 30.6 Å². The molecule has 31 heavy (non-hydrogen) atoms. The highest BCUT2D eigenvalue weighted by molar-refractivity contribution is 7.80. The van der Waals surface area contributed by atoms with E-state index < -0.39 is 0 Å². The summed E-state index contributed by atoms with van der Waals surface area (Å²) in [4.78, 5) is 18.1. The zero-order valence-corrected chi connectivity index (χ0v) is 19.4. The number of aryl methyl sites for hydroxylation is 1. The van der Waals surface area contributed by atoms with Crippen LogP contribution in [0.3, 0.4) is 0 Å². The molecule has 2 aromatic heterocycles. The molecule has 0 bridgehead atoms. The van der Waals surface area contributed by atoms with Gasteiger partial charge in [-0.3, -0.25) is 5.32 Å². The largest absolute Gasteiger partial charge is 0.462 e. The molecule has 0 fully saturated rings. The lowest BCUT2D eigenvalue weighted by Gasteiger charge is -2.12. The van der Waals surface area contributed by atoms with E-state index in [4.69, 9.17) is 28.6 Å². The molecule has 3 aromatic rings. The van der Waals surface area contributed by atoms with Crippen molar-refractivity contribution < 1.29 is 9.53 Å². The van der Waals surface area contributed by atoms with E-state index in [0.29, 0.717) is 39.8 Å². The van der Waals surface area contributed by atoms with E-state index in [9.17, 15) is 4.79 Å². The van der Waals surface area contributed by atoms with Gasteiger partial charge >= 0.3 is 5.97 Å². The van der Waals surface area contributed by atoms with Crippen molar-refractivity contribution in [1.82, 2.24) is 14.8 Å². The van der Waals surface area contributed by atoms with Gasteiger partial charge in [0.15, 0.2) is 5.11 Å². The van der Waals surface area contributed by atoms with E-state index >= 15 is 0 Å². The summed E-state index contributed by atoms with van der Waals surface area (Å²) in [5.41, 5.74) is 2.63. The Hall–Kier alpha value is -2.49. The fourth-order valence-corrected chi connectivity index (χ4v) is 5.27. The molecule has 1 aliphatic carbocycles. The first-order valence-electron chi connectivity index (χ1n) is 10.1. The number of esters is 1. The highest BCUT2D eigenvalue weighted by atomic mass is 35.5. The van der Waals surface area contributed by atoms with Crippen molar-refractivity contribution >= 4 is 57.2 Å². The molecule has 0 spiro atoms. The highest BCUT2D eigenvalue weighted by Crippen LogP contribution is 2.38. The molecule has 162 valence electrons. The van der Waals surface area contributed by atoms with Crippen LogP contribution in [0.1, 0.15) is 46.1 Å². The maximum Gasteiger partial charge on any atom is 0.341 e. The average Bonchev–Trinajstić information content (AvgIpc) is 3.33. The SMILES string of the molecule is CCOC(=O)c1c(NC(=S)Nc2ncn(Cc3ccccc3Cl)n2)sc2c1CCCC2. The van der Waals surface area contributed by atoms with Crippen molar-refractivity contribution in [1.29, 1.82) is 0 Å². The Bertz CT molecular complexity index is 1110. The van der Waals surface area contributed by atoms with Gasteiger partial charge in [-0.05, 0) is 62.0 Å². The first-order chi connectivity index (χ1) is 15.0. The number of thiophene rings is 1. The molecule has 0 aliphatic heterocycles. The minimum atomic E-state index is -0.311. The van der Waals surface area contributed by atoms with Crippen molar-refractivity contribution in [2.75, 3.05) is 17.2 Å². The van der Waals surface area contributed by atoms with Crippen LogP contribution < -0.4 is 10.6 Å². The number of nitrogens with zero attached hydrogens (tertiary/aromatic N) is 3. The van der Waals surface area contributed by atoms with E-state index in [1.807, 2.05) is 24.3 Å². The average molecular weight is 476 g/mol. The van der Waals surface area contributed by atoms with Crippen LogP contribution in [0, 0.1) is 0 Å². The minimum absolute atomic E-state index is 0.311. The molecule has 2 N–H and O–H groups in total. The Balaban J connectivity index is 1.46. The number of anilines is 2. The van der Waals surface area contributed by atoms with Gasteiger partial charge < -0.3 is 10.1 Å². The van der Waals surface area contributed by atoms with Gasteiger partial charge in [0.05, 0.1) is 18.7 Å². The topological polar surface area (TPSA) is 81.1 Å². The second-order valence-corrected chi connectivity index (χ2v) is 8.99. The number of fused-ring (bicyclic) bond motifs is 1. The number of rotatable bonds is 6. The third-order valence-corrected chi connectivity index (χ3v) is 6.71. The zero-order valence-electron chi connectivity index (χ0n) is 17.0. The van der Waals surface area contributed by atoms with Crippen molar-refractivity contribution in [3.63, 3.8) is 0 Å². The van der Waals surface area contributed by atoms with E-state index in [1.54, 1.807) is 29.3 Å². The second kappa shape index (κ2) is 9.76. The number of halogens is 1. The molecule has 10 heteroatoms. The van der Waals surface area contributed by atoms with Gasteiger partial charge in [-0.15, -0.1) is 16.4 Å². The standard InChI is InChI=1S/C21H22ClN5O2S2/c1-2-29-19(28)17-14-8-4-6-10-16(14)31-18(17)24-21(30)25-20-23-12-27(26-20)11-13-7-3-5-9-15(13)22/h3,5,7,9,12H,2,4,6,8,10-11H2,1H3,(H2,24,25,26,30). The van der Waals surface area contributed by atoms with Gasteiger partial charge in [-0.1, -0.05) is 29.8 Å². The third kappa shape index (κ3) is 5.06. The number of aromatic nitrogens is 3. The Morgan fingerprint density at radius 3 is 2.90 bits per heavy atom. The van der Waals surface area contributed by atoms with Gasteiger partial charge in [0.2, 0.25) is 5.95 Å². The maximum absolute atomic E-state index is 12.6. The van der Waals surface area contributed by atoms with Crippen LogP contribution in [0.5, 0.6) is 0 Å². The molecule has 0 saturated carbocycles. The van der Waals surface area contributed by atoms with Crippen molar-refractivity contribution in [3.05, 3.63) is 57.2 Å². The lowest BCUT2D eigenvalue weighted by molar-refractivity contribution is 0.0526. The fourth-order valence-electron chi connectivity index (χ4n) is 3.54. The summed E-state index contributed by atoms with van der Waals surface area (Å²) in [7, 11) is 0. The molecular formula is C21H22ClN5O2S2. The molecule has 0 atom stereocenters. The summed E-state index contributed by atoms with van der Waals surface area (Å²) in [5.74, 6) is 0.0536. The third-order valence-electron chi connectivity index (χ3n) is 4.93. The quantitative estimate of drug-likeness (QED) is 0.387. The lowest BCUT2D eigenvalue weighted by atomic mass is 9.95. The van der Waals surface area contributed by atoms with Crippen molar-refractivity contribution in [2.24, 2.45) is 0 Å². The van der Waals surface area contributed by atoms with Crippen molar-refractivity contribution in [2.45, 2.75) is 39.2 Å². The van der Waals surface area contributed by atoms with E-state index in [-0.39, 0.29) is 5.97 Å². The van der Waals surface area contributed by atoms with Crippen LogP contribution in [-0.4, -0.2) is 32.5 Å². The van der Waals surface area contributed by atoms with Gasteiger partial charge in [-0.25, -0.2) is 14.5 Å². The van der Waals surface area contributed by atoms with Crippen LogP contribution >= 0.6 is 35.2 Å². The van der Waals surface area contributed by atoms with Crippen LogP contribution in [-0.2, 0) is 24.1 Å². The smallest absolute Gasteiger partial charge is 0.341 e. The molecule has 0 amide bonds. The summed E-state index contributed by atoms with van der Waals surface area (Å²) in [6, 6.07) is 7.60. The minimum Gasteiger partial charge on any atom is -0.462 e. The molecule has 0 saturated heterocycles. The van der Waals surface area contributed by atoms with Gasteiger partial charge in [0, 0.05) is 9.90 Å². The highest BCUT2D eigenvalue weighted by Gasteiger charge is 2.26. The number of thiocarbonyl (C=S) groups is 1. The summed E-state index contributed by atoms with van der Waals surface area (Å²) < 4.78 is 6.97. The number of hydrogen-bond donors (Lipinski definition) is 2. The monoisotopic (exact) mass is 475 g/mol. The van der Waals surface area contributed by atoms with Crippen LogP contribution in [0.4, 0.5) is 10.9 Å². The van der Waals surface area contributed by atoms with Gasteiger partial charge in [-0.2, -0.15) is 0 Å². The molecule has 1 aliphatic rings. The zero-order chi connectivity index (χ0) is 21.8. The summed E-state index contributed by atoms with van der Waals surface area (Å²) in [6.07, 6.45) is 5.68. The van der Waals surface area contributed by atoms with E-state index in [1.165, 1.54) is 4.88 Å². The van der Waals surface area contributed by atoms with E-state index in [0.717, 1.165) is 36.8 Å². The van der Waals surface area contributed by atoms with Crippen LogP contribution in [0.25, 0.3) is 0 Å². The number of hydrogen-bond acceptors (Lipinski definition) is 6. The maximum atomic E-state index is 12.6. The first-order valence-corrected chi connectivity index (χ1v) is 11.7. The van der Waals surface area contributed by atoms with Crippen LogP contribution in [0.2, 0.25) is 5.02 Å². The lowest BCUT2D eigenvalue weighted by Crippen LogP contribution is -2.21. The normalized spacial score (nSPS) is 12.8. The second-order valence-electron chi connectivity index (χ2n) is 7.07. The van der Waals surface area contributed by atoms with E-state index in [2.05, 4.69) is 20.7 Å². The Morgan fingerprint density at radius 1 is 1.29 bits per heavy atom.